The maximum atomic E-state index is 11.9. The van der Waals surface area contributed by atoms with Gasteiger partial charge in [-0.15, -0.1) is 11.3 Å². The Bertz CT molecular complexity index is 632. The van der Waals surface area contributed by atoms with Gasteiger partial charge in [0.1, 0.15) is 0 Å². The van der Waals surface area contributed by atoms with Crippen LogP contribution in [0.5, 0.6) is 0 Å². The summed E-state index contributed by atoms with van der Waals surface area (Å²) in [6, 6.07) is -0.205. The number of fused-ring (bicyclic) bond motifs is 1. The lowest BCUT2D eigenvalue weighted by Gasteiger charge is -2.15. The molecule has 0 aliphatic heterocycles. The van der Waals surface area contributed by atoms with E-state index in [0.29, 0.717) is 11.7 Å². The summed E-state index contributed by atoms with van der Waals surface area (Å²) in [4.78, 5) is 17.7. The van der Waals surface area contributed by atoms with Gasteiger partial charge in [-0.1, -0.05) is 13.8 Å². The Morgan fingerprint density at radius 2 is 2.38 bits per heavy atom. The van der Waals surface area contributed by atoms with Crippen molar-refractivity contribution in [2.24, 2.45) is 0 Å². The molecule has 2 heterocycles. The van der Waals surface area contributed by atoms with E-state index < -0.39 is 0 Å². The summed E-state index contributed by atoms with van der Waals surface area (Å²) in [7, 11) is 0. The summed E-state index contributed by atoms with van der Waals surface area (Å²) in [5.41, 5.74) is 2.34. The van der Waals surface area contributed by atoms with E-state index in [2.05, 4.69) is 39.7 Å². The number of hydrogen-bond acceptors (Lipinski definition) is 4. The summed E-state index contributed by atoms with van der Waals surface area (Å²) in [6.45, 7) is 4.97. The van der Waals surface area contributed by atoms with E-state index in [1.807, 2.05) is 6.20 Å². The second-order valence-corrected chi connectivity index (χ2v) is 7.00. The molecule has 6 nitrogen and oxygen atoms in total. The largest absolute Gasteiger partial charge is 0.337 e. The van der Waals surface area contributed by atoms with Gasteiger partial charge in [0.15, 0.2) is 5.13 Å². The molecule has 0 atom stereocenters. The average molecular weight is 305 g/mol. The molecule has 0 spiro atoms. The number of nitrogens with one attached hydrogen (secondary N) is 3. The van der Waals surface area contributed by atoms with Crippen LogP contribution in [0.4, 0.5) is 9.93 Å². The zero-order valence-electron chi connectivity index (χ0n) is 12.2. The number of amides is 2. The first-order chi connectivity index (χ1) is 10.0. The van der Waals surface area contributed by atoms with Crippen LogP contribution in [0.3, 0.4) is 0 Å². The first-order valence-electron chi connectivity index (χ1n) is 7.07. The van der Waals surface area contributed by atoms with Gasteiger partial charge < -0.3 is 5.32 Å². The van der Waals surface area contributed by atoms with E-state index in [1.54, 1.807) is 17.5 Å². The number of hydrogen-bond donors (Lipinski definition) is 3. The molecule has 21 heavy (non-hydrogen) atoms. The molecule has 3 N–H and O–H groups in total. The highest BCUT2D eigenvalue weighted by Gasteiger charge is 2.33. The third-order valence-corrected chi connectivity index (χ3v) is 4.82. The van der Waals surface area contributed by atoms with Crippen LogP contribution in [0.25, 0.3) is 0 Å². The number of carbonyl (C=O) groups excluding carboxylic acids is 1. The maximum absolute atomic E-state index is 11.9. The highest BCUT2D eigenvalue weighted by atomic mass is 32.1. The maximum Gasteiger partial charge on any atom is 0.321 e. The van der Waals surface area contributed by atoms with Crippen LogP contribution in [0.1, 0.15) is 36.4 Å². The highest BCUT2D eigenvalue weighted by Crippen LogP contribution is 2.41. The highest BCUT2D eigenvalue weighted by molar-refractivity contribution is 7.16. The number of carbonyl (C=O) groups is 1. The first kappa shape index (κ1) is 14.1. The van der Waals surface area contributed by atoms with Crippen molar-refractivity contribution in [3.8, 4) is 0 Å². The van der Waals surface area contributed by atoms with E-state index in [-0.39, 0.29) is 11.4 Å². The molecular weight excluding hydrogens is 286 g/mol. The quantitative estimate of drug-likeness (QED) is 0.811. The van der Waals surface area contributed by atoms with Gasteiger partial charge in [0.2, 0.25) is 0 Å². The number of aryl methyl sites for hydroxylation is 1. The van der Waals surface area contributed by atoms with Crippen molar-refractivity contribution in [1.29, 1.82) is 0 Å². The van der Waals surface area contributed by atoms with Gasteiger partial charge in [-0.2, -0.15) is 5.10 Å². The Balaban J connectivity index is 1.51. The van der Waals surface area contributed by atoms with E-state index in [0.717, 1.165) is 30.5 Å². The number of anilines is 1. The topological polar surface area (TPSA) is 82.7 Å². The van der Waals surface area contributed by atoms with Gasteiger partial charge in [0.25, 0.3) is 0 Å². The molecule has 0 radical (unpaired) electrons. The standard InChI is InChI=1S/C14H19N5OS/c1-14(2)5-3-10-11(14)18-13(21-10)19-12(20)15-6-4-9-7-16-17-8-9/h7-8H,3-6H2,1-2H3,(H,16,17)(H2,15,18,19,20). The molecule has 0 bridgehead atoms. The summed E-state index contributed by atoms with van der Waals surface area (Å²) in [6.07, 6.45) is 6.54. The minimum Gasteiger partial charge on any atom is -0.337 e. The van der Waals surface area contributed by atoms with Gasteiger partial charge in [0.05, 0.1) is 11.9 Å². The molecule has 0 fully saturated rings. The lowest BCUT2D eigenvalue weighted by Crippen LogP contribution is -2.30. The van der Waals surface area contributed by atoms with Crippen LogP contribution >= 0.6 is 11.3 Å². The molecule has 0 saturated heterocycles. The van der Waals surface area contributed by atoms with Crippen LogP contribution in [-0.2, 0) is 18.3 Å². The molecular formula is C14H19N5OS. The summed E-state index contributed by atoms with van der Waals surface area (Å²) < 4.78 is 0. The van der Waals surface area contributed by atoms with Crippen LogP contribution in [0, 0.1) is 0 Å². The number of aromatic amines is 1. The molecule has 0 unspecified atom stereocenters. The summed E-state index contributed by atoms with van der Waals surface area (Å²) in [5, 5.41) is 13.0. The number of nitrogens with zero attached hydrogens (tertiary/aromatic N) is 2. The third kappa shape index (κ3) is 3.07. The van der Waals surface area contributed by atoms with Gasteiger partial charge in [-0.05, 0) is 24.8 Å². The molecule has 7 heteroatoms. The molecule has 1 aliphatic rings. The monoisotopic (exact) mass is 305 g/mol. The normalized spacial score (nSPS) is 15.7. The number of aromatic nitrogens is 3. The molecule has 0 aromatic carbocycles. The number of H-pyrrole nitrogens is 1. The fraction of sp³-hybridized carbons (Fsp3) is 0.500. The second kappa shape index (κ2) is 5.48. The molecule has 1 aliphatic carbocycles. The van der Waals surface area contributed by atoms with Gasteiger partial charge >= 0.3 is 6.03 Å². The zero-order valence-corrected chi connectivity index (χ0v) is 13.0. The number of rotatable bonds is 4. The van der Waals surface area contributed by atoms with Gasteiger partial charge in [-0.3, -0.25) is 10.4 Å². The fourth-order valence-corrected chi connectivity index (χ4v) is 3.66. The molecule has 3 rings (SSSR count). The van der Waals surface area contributed by atoms with Crippen molar-refractivity contribution >= 4 is 22.5 Å². The minimum atomic E-state index is -0.205. The predicted octanol–water partition coefficient (Wildman–Crippen LogP) is 2.45. The molecule has 112 valence electrons. The van der Waals surface area contributed by atoms with E-state index in [4.69, 9.17) is 0 Å². The fourth-order valence-electron chi connectivity index (χ4n) is 2.52. The smallest absolute Gasteiger partial charge is 0.321 e. The Morgan fingerprint density at radius 1 is 1.52 bits per heavy atom. The number of urea groups is 1. The Kier molecular flexibility index (Phi) is 3.67. The first-order valence-corrected chi connectivity index (χ1v) is 7.89. The van der Waals surface area contributed by atoms with Crippen molar-refractivity contribution in [3.05, 3.63) is 28.5 Å². The molecule has 2 amide bonds. The van der Waals surface area contributed by atoms with Crippen molar-refractivity contribution in [2.45, 2.75) is 38.5 Å². The van der Waals surface area contributed by atoms with E-state index >= 15 is 0 Å². The van der Waals surface area contributed by atoms with Crippen molar-refractivity contribution in [2.75, 3.05) is 11.9 Å². The molecule has 2 aromatic heterocycles. The Labute approximate surface area is 127 Å². The number of thiazole rings is 1. The van der Waals surface area contributed by atoms with E-state index in [1.165, 1.54) is 4.88 Å². The average Bonchev–Trinajstić information content (AvgIpc) is 3.10. The van der Waals surface area contributed by atoms with Crippen LogP contribution in [0.2, 0.25) is 0 Å². The van der Waals surface area contributed by atoms with Crippen molar-refractivity contribution < 1.29 is 4.79 Å². The summed E-state index contributed by atoms with van der Waals surface area (Å²) >= 11 is 1.59. The lowest BCUT2D eigenvalue weighted by atomic mass is 9.91. The van der Waals surface area contributed by atoms with Crippen LogP contribution < -0.4 is 10.6 Å². The summed E-state index contributed by atoms with van der Waals surface area (Å²) in [5.74, 6) is 0. The second-order valence-electron chi connectivity index (χ2n) is 5.91. The van der Waals surface area contributed by atoms with Gasteiger partial charge in [-0.25, -0.2) is 9.78 Å². The van der Waals surface area contributed by atoms with Crippen LogP contribution in [-0.4, -0.2) is 27.8 Å². The SMILES string of the molecule is CC1(C)CCc2sc(NC(=O)NCCc3cn[nH]c3)nc21. The molecule has 2 aromatic rings. The predicted molar refractivity (Wildman–Crippen MR) is 82.8 cm³/mol. The van der Waals surface area contributed by atoms with E-state index in [9.17, 15) is 4.79 Å². The third-order valence-electron chi connectivity index (χ3n) is 3.79. The zero-order chi connectivity index (χ0) is 14.9. The van der Waals surface area contributed by atoms with Crippen molar-refractivity contribution in [1.82, 2.24) is 20.5 Å². The lowest BCUT2D eigenvalue weighted by molar-refractivity contribution is 0.252. The minimum absolute atomic E-state index is 0.128. The van der Waals surface area contributed by atoms with Crippen LogP contribution in [0.15, 0.2) is 12.4 Å². The Morgan fingerprint density at radius 3 is 3.10 bits per heavy atom. The molecule has 0 saturated carbocycles. The van der Waals surface area contributed by atoms with Gasteiger partial charge in [0, 0.05) is 23.0 Å². The van der Waals surface area contributed by atoms with Crippen molar-refractivity contribution in [3.63, 3.8) is 0 Å². The Hall–Kier alpha value is -1.89.